The number of hydrogen-bond donors (Lipinski definition) is 2. The summed E-state index contributed by atoms with van der Waals surface area (Å²) in [7, 11) is -1.77. The highest BCUT2D eigenvalue weighted by Gasteiger charge is 2.17. The van der Waals surface area contributed by atoms with Crippen LogP contribution in [-0.2, 0) is 16.6 Å². The fourth-order valence-corrected chi connectivity index (χ4v) is 2.84. The Labute approximate surface area is 136 Å². The molecule has 2 heterocycles. The van der Waals surface area contributed by atoms with Gasteiger partial charge >= 0.3 is 0 Å². The minimum absolute atomic E-state index is 0.215. The summed E-state index contributed by atoms with van der Waals surface area (Å²) in [6.07, 6.45) is 5.05. The van der Waals surface area contributed by atoms with Crippen LogP contribution >= 0.6 is 0 Å². The number of sulfonamides is 1. The second-order valence-electron chi connectivity index (χ2n) is 5.88. The SMILES string of the molecule is CN(CCNC(=O)c1cn(CC2CCCNC2)nn1)S(C)(=O)=O. The van der Waals surface area contributed by atoms with Gasteiger partial charge in [0.2, 0.25) is 10.0 Å². The minimum Gasteiger partial charge on any atom is -0.349 e. The lowest BCUT2D eigenvalue weighted by Gasteiger charge is -2.22. The third-order valence-electron chi connectivity index (χ3n) is 3.89. The summed E-state index contributed by atoms with van der Waals surface area (Å²) in [4.78, 5) is 12.0. The van der Waals surface area contributed by atoms with Gasteiger partial charge in [-0.25, -0.2) is 12.7 Å². The van der Waals surface area contributed by atoms with Crippen LogP contribution in [-0.4, -0.2) is 73.1 Å². The third kappa shape index (κ3) is 5.56. The molecule has 0 aromatic carbocycles. The van der Waals surface area contributed by atoms with Gasteiger partial charge in [-0.2, -0.15) is 0 Å². The van der Waals surface area contributed by atoms with Crippen molar-refractivity contribution in [2.24, 2.45) is 5.92 Å². The lowest BCUT2D eigenvalue weighted by molar-refractivity contribution is 0.0947. The zero-order valence-corrected chi connectivity index (χ0v) is 14.3. The number of likely N-dealkylation sites (N-methyl/N-ethyl adjacent to an activating group) is 1. The van der Waals surface area contributed by atoms with Crippen molar-refractivity contribution in [2.45, 2.75) is 19.4 Å². The van der Waals surface area contributed by atoms with Gasteiger partial charge in [-0.3, -0.25) is 9.48 Å². The highest BCUT2D eigenvalue weighted by Crippen LogP contribution is 2.11. The monoisotopic (exact) mass is 344 g/mol. The van der Waals surface area contributed by atoms with E-state index in [0.717, 1.165) is 38.7 Å². The molecule has 2 rings (SSSR count). The molecule has 1 aromatic heterocycles. The summed E-state index contributed by atoms with van der Waals surface area (Å²) in [5, 5.41) is 13.8. The number of piperidine rings is 1. The Morgan fingerprint density at radius 2 is 2.35 bits per heavy atom. The molecule has 1 fully saturated rings. The fourth-order valence-electron chi connectivity index (χ4n) is 2.42. The number of carbonyl (C=O) groups is 1. The predicted molar refractivity (Wildman–Crippen MR) is 85.4 cm³/mol. The first-order chi connectivity index (χ1) is 10.9. The van der Waals surface area contributed by atoms with Crippen molar-refractivity contribution < 1.29 is 13.2 Å². The van der Waals surface area contributed by atoms with Gasteiger partial charge in [0.05, 0.1) is 12.5 Å². The molecule has 0 radical (unpaired) electrons. The van der Waals surface area contributed by atoms with Gasteiger partial charge in [-0.05, 0) is 31.8 Å². The molecule has 1 amide bonds. The molecule has 0 aliphatic carbocycles. The molecule has 1 aliphatic rings. The Morgan fingerprint density at radius 1 is 1.57 bits per heavy atom. The van der Waals surface area contributed by atoms with Crippen LogP contribution in [0.15, 0.2) is 6.20 Å². The zero-order valence-electron chi connectivity index (χ0n) is 13.5. The molecule has 9 nitrogen and oxygen atoms in total. The van der Waals surface area contributed by atoms with Crippen LogP contribution in [0, 0.1) is 5.92 Å². The molecule has 0 saturated carbocycles. The fraction of sp³-hybridized carbons (Fsp3) is 0.769. The third-order valence-corrected chi connectivity index (χ3v) is 5.21. The Bertz CT molecular complexity index is 623. The molecule has 130 valence electrons. The van der Waals surface area contributed by atoms with Gasteiger partial charge < -0.3 is 10.6 Å². The lowest BCUT2D eigenvalue weighted by atomic mass is 10.00. The standard InChI is InChI=1S/C13H24N6O3S/c1-18(23(2,21)22)7-6-15-13(20)12-10-19(17-16-12)9-11-4-3-5-14-8-11/h10-11,14H,3-9H2,1-2H3,(H,15,20). The van der Waals surface area contributed by atoms with Crippen molar-refractivity contribution in [2.75, 3.05) is 39.5 Å². The number of nitrogens with one attached hydrogen (secondary N) is 2. The normalized spacial score (nSPS) is 19.0. The topological polar surface area (TPSA) is 109 Å². The van der Waals surface area contributed by atoms with E-state index in [2.05, 4.69) is 20.9 Å². The molecule has 1 unspecified atom stereocenters. The van der Waals surface area contributed by atoms with E-state index < -0.39 is 10.0 Å². The van der Waals surface area contributed by atoms with Gasteiger partial charge in [0, 0.05) is 26.7 Å². The lowest BCUT2D eigenvalue weighted by Crippen LogP contribution is -2.35. The summed E-state index contributed by atoms with van der Waals surface area (Å²) in [5.74, 6) is 0.157. The first kappa shape index (κ1) is 17.8. The van der Waals surface area contributed by atoms with Gasteiger partial charge in [0.15, 0.2) is 5.69 Å². The highest BCUT2D eigenvalue weighted by atomic mass is 32.2. The van der Waals surface area contributed by atoms with E-state index in [1.807, 2.05) is 0 Å². The molecule has 0 bridgehead atoms. The molecule has 10 heteroatoms. The van der Waals surface area contributed by atoms with E-state index in [0.29, 0.717) is 5.92 Å². The molecule has 1 aromatic rings. The van der Waals surface area contributed by atoms with Gasteiger partial charge in [-0.15, -0.1) is 5.10 Å². The van der Waals surface area contributed by atoms with Crippen molar-refractivity contribution in [1.82, 2.24) is 29.9 Å². The maximum atomic E-state index is 12.0. The van der Waals surface area contributed by atoms with Crippen LogP contribution in [0.1, 0.15) is 23.3 Å². The Morgan fingerprint density at radius 3 is 3.00 bits per heavy atom. The van der Waals surface area contributed by atoms with Gasteiger partial charge in [0.25, 0.3) is 5.91 Å². The first-order valence-electron chi connectivity index (χ1n) is 7.66. The van der Waals surface area contributed by atoms with Gasteiger partial charge in [-0.1, -0.05) is 5.21 Å². The number of rotatable bonds is 7. The average Bonchev–Trinajstić information content (AvgIpc) is 2.95. The summed E-state index contributed by atoms with van der Waals surface area (Å²) >= 11 is 0. The van der Waals surface area contributed by atoms with Crippen molar-refractivity contribution in [3.63, 3.8) is 0 Å². The second kappa shape index (κ2) is 7.84. The number of hydrogen-bond acceptors (Lipinski definition) is 6. The Hall–Kier alpha value is -1.52. The van der Waals surface area contributed by atoms with Crippen LogP contribution in [0.4, 0.5) is 0 Å². The minimum atomic E-state index is -3.23. The van der Waals surface area contributed by atoms with E-state index in [1.165, 1.54) is 11.4 Å². The molecule has 0 spiro atoms. The maximum Gasteiger partial charge on any atom is 0.273 e. The number of aromatic nitrogens is 3. The molecular formula is C13H24N6O3S. The Kier molecular flexibility index (Phi) is 6.08. The Balaban J connectivity index is 1.79. The largest absolute Gasteiger partial charge is 0.349 e. The smallest absolute Gasteiger partial charge is 0.273 e. The molecular weight excluding hydrogens is 320 g/mol. The molecule has 2 N–H and O–H groups in total. The van der Waals surface area contributed by atoms with E-state index >= 15 is 0 Å². The van der Waals surface area contributed by atoms with Crippen LogP contribution in [0.2, 0.25) is 0 Å². The molecule has 1 aliphatic heterocycles. The predicted octanol–water partition coefficient (Wildman–Crippen LogP) is -1.10. The summed E-state index contributed by atoms with van der Waals surface area (Å²) in [5.41, 5.74) is 0.246. The molecule has 23 heavy (non-hydrogen) atoms. The maximum absolute atomic E-state index is 12.0. The average molecular weight is 344 g/mol. The van der Waals surface area contributed by atoms with Crippen molar-refractivity contribution >= 4 is 15.9 Å². The van der Waals surface area contributed by atoms with Crippen molar-refractivity contribution in [1.29, 1.82) is 0 Å². The quantitative estimate of drug-likeness (QED) is 0.650. The number of carbonyl (C=O) groups excluding carboxylic acids is 1. The van der Waals surface area contributed by atoms with Crippen LogP contribution in [0.5, 0.6) is 0 Å². The van der Waals surface area contributed by atoms with Crippen LogP contribution in [0.25, 0.3) is 0 Å². The highest BCUT2D eigenvalue weighted by molar-refractivity contribution is 7.88. The van der Waals surface area contributed by atoms with E-state index in [-0.39, 0.29) is 24.7 Å². The second-order valence-corrected chi connectivity index (χ2v) is 7.97. The number of nitrogens with zero attached hydrogens (tertiary/aromatic N) is 4. The summed E-state index contributed by atoms with van der Waals surface area (Å²) < 4.78 is 25.4. The van der Waals surface area contributed by atoms with E-state index in [4.69, 9.17) is 0 Å². The van der Waals surface area contributed by atoms with Crippen molar-refractivity contribution in [3.05, 3.63) is 11.9 Å². The summed E-state index contributed by atoms with van der Waals surface area (Å²) in [6.45, 7) is 3.20. The first-order valence-corrected chi connectivity index (χ1v) is 9.51. The van der Waals surface area contributed by atoms with Crippen molar-refractivity contribution in [3.8, 4) is 0 Å². The summed E-state index contributed by atoms with van der Waals surface area (Å²) in [6, 6.07) is 0. The van der Waals surface area contributed by atoms with Crippen LogP contribution < -0.4 is 10.6 Å². The van der Waals surface area contributed by atoms with Gasteiger partial charge in [0.1, 0.15) is 0 Å². The zero-order chi connectivity index (χ0) is 16.9. The van der Waals surface area contributed by atoms with Crippen LogP contribution in [0.3, 0.4) is 0 Å². The molecule has 1 saturated heterocycles. The van der Waals surface area contributed by atoms with E-state index in [1.54, 1.807) is 10.9 Å². The molecule has 1 atom stereocenters. The van der Waals surface area contributed by atoms with E-state index in [9.17, 15) is 13.2 Å². The number of amides is 1.